The first-order valence-electron chi connectivity index (χ1n) is 4.98. The summed E-state index contributed by atoms with van der Waals surface area (Å²) in [4.78, 5) is 0. The van der Waals surface area contributed by atoms with Crippen LogP contribution >= 0.6 is 0 Å². The molecule has 0 aromatic rings. The van der Waals surface area contributed by atoms with E-state index in [4.69, 9.17) is 0 Å². The third kappa shape index (κ3) is 4.90. The smallest absolute Gasteiger partial charge is 0.277 e. The highest BCUT2D eigenvalue weighted by molar-refractivity contribution is 7.87. The van der Waals surface area contributed by atoms with Crippen LogP contribution in [0.1, 0.15) is 32.6 Å². The Morgan fingerprint density at radius 2 is 2.14 bits per heavy atom. The lowest BCUT2D eigenvalue weighted by atomic mass is 10.2. The Balaban J connectivity index is 2.20. The van der Waals surface area contributed by atoms with Gasteiger partial charge in [0.1, 0.15) is 0 Å². The topological polar surface area (TPSA) is 78.4 Å². The Morgan fingerprint density at radius 3 is 2.64 bits per heavy atom. The lowest BCUT2D eigenvalue weighted by Crippen LogP contribution is -2.41. The predicted molar refractivity (Wildman–Crippen MR) is 54.0 cm³/mol. The van der Waals surface area contributed by atoms with E-state index < -0.39 is 16.3 Å². The Morgan fingerprint density at radius 1 is 1.50 bits per heavy atom. The van der Waals surface area contributed by atoms with Crippen LogP contribution in [0.25, 0.3) is 0 Å². The molecule has 0 heterocycles. The molecule has 1 aliphatic rings. The van der Waals surface area contributed by atoms with Crippen LogP contribution in [0.3, 0.4) is 0 Å². The average Bonchev–Trinajstić information content (AvgIpc) is 2.85. The zero-order chi connectivity index (χ0) is 10.6. The van der Waals surface area contributed by atoms with Gasteiger partial charge in [-0.1, -0.05) is 13.3 Å². The SMILES string of the molecule is CCCC(O)CNS(=O)(=O)NC1CC1. The average molecular weight is 222 g/mol. The van der Waals surface area contributed by atoms with Crippen molar-refractivity contribution in [2.45, 2.75) is 44.8 Å². The highest BCUT2D eigenvalue weighted by atomic mass is 32.2. The molecule has 1 aliphatic carbocycles. The largest absolute Gasteiger partial charge is 0.392 e. The number of rotatable bonds is 7. The van der Waals surface area contributed by atoms with Gasteiger partial charge in [0.05, 0.1) is 6.10 Å². The maximum absolute atomic E-state index is 11.3. The van der Waals surface area contributed by atoms with Crippen LogP contribution in [0.4, 0.5) is 0 Å². The molecule has 6 heteroatoms. The van der Waals surface area contributed by atoms with Gasteiger partial charge >= 0.3 is 0 Å². The van der Waals surface area contributed by atoms with Crippen molar-refractivity contribution in [2.24, 2.45) is 0 Å². The van der Waals surface area contributed by atoms with Gasteiger partial charge < -0.3 is 5.11 Å². The minimum atomic E-state index is -3.39. The molecule has 0 radical (unpaired) electrons. The molecule has 0 spiro atoms. The molecule has 1 fully saturated rings. The highest BCUT2D eigenvalue weighted by Crippen LogP contribution is 2.19. The van der Waals surface area contributed by atoms with Gasteiger partial charge in [-0.3, -0.25) is 0 Å². The second kappa shape index (κ2) is 5.06. The van der Waals surface area contributed by atoms with E-state index in [9.17, 15) is 13.5 Å². The van der Waals surface area contributed by atoms with E-state index in [1.54, 1.807) is 0 Å². The molecule has 14 heavy (non-hydrogen) atoms. The minimum Gasteiger partial charge on any atom is -0.392 e. The van der Waals surface area contributed by atoms with Crippen molar-refractivity contribution in [1.29, 1.82) is 0 Å². The fourth-order valence-corrected chi connectivity index (χ4v) is 2.27. The standard InChI is InChI=1S/C8H18N2O3S/c1-2-3-8(11)6-9-14(12,13)10-7-4-5-7/h7-11H,2-6H2,1H3. The van der Waals surface area contributed by atoms with Crippen LogP contribution in [-0.2, 0) is 10.2 Å². The van der Waals surface area contributed by atoms with Gasteiger partial charge in [-0.2, -0.15) is 17.9 Å². The molecule has 1 atom stereocenters. The summed E-state index contributed by atoms with van der Waals surface area (Å²) < 4.78 is 27.3. The molecule has 5 nitrogen and oxygen atoms in total. The van der Waals surface area contributed by atoms with Crippen LogP contribution in [0.15, 0.2) is 0 Å². The summed E-state index contributed by atoms with van der Waals surface area (Å²) in [7, 11) is -3.39. The quantitative estimate of drug-likeness (QED) is 0.555. The fraction of sp³-hybridized carbons (Fsp3) is 1.00. The molecule has 1 unspecified atom stereocenters. The maximum atomic E-state index is 11.3. The van der Waals surface area contributed by atoms with E-state index in [0.29, 0.717) is 6.42 Å². The van der Waals surface area contributed by atoms with Crippen molar-refractivity contribution in [1.82, 2.24) is 9.44 Å². The Hall–Kier alpha value is -0.170. The van der Waals surface area contributed by atoms with Gasteiger partial charge in [-0.25, -0.2) is 0 Å². The van der Waals surface area contributed by atoms with Crippen molar-refractivity contribution in [3.63, 3.8) is 0 Å². The van der Waals surface area contributed by atoms with Crippen molar-refractivity contribution in [2.75, 3.05) is 6.54 Å². The molecule has 0 aromatic carbocycles. The molecular weight excluding hydrogens is 204 g/mol. The molecule has 0 aliphatic heterocycles. The summed E-state index contributed by atoms with van der Waals surface area (Å²) in [5, 5.41) is 9.31. The summed E-state index contributed by atoms with van der Waals surface area (Å²) in [6.45, 7) is 2.04. The summed E-state index contributed by atoms with van der Waals surface area (Å²) in [5.74, 6) is 0. The van der Waals surface area contributed by atoms with Gasteiger partial charge in [0.15, 0.2) is 0 Å². The second-order valence-corrected chi connectivity index (χ2v) is 5.22. The third-order valence-electron chi connectivity index (χ3n) is 2.03. The van der Waals surface area contributed by atoms with Gasteiger partial charge in [-0.15, -0.1) is 0 Å². The molecule has 0 bridgehead atoms. The number of aliphatic hydroxyl groups is 1. The van der Waals surface area contributed by atoms with Crippen LogP contribution in [0, 0.1) is 0 Å². The molecule has 0 amide bonds. The van der Waals surface area contributed by atoms with Crippen LogP contribution in [0.5, 0.6) is 0 Å². The zero-order valence-corrected chi connectivity index (χ0v) is 9.18. The van der Waals surface area contributed by atoms with Crippen molar-refractivity contribution >= 4 is 10.2 Å². The molecule has 1 rings (SSSR count). The first-order valence-corrected chi connectivity index (χ1v) is 6.47. The first-order chi connectivity index (χ1) is 6.53. The third-order valence-corrected chi connectivity index (χ3v) is 3.22. The lowest BCUT2D eigenvalue weighted by molar-refractivity contribution is 0.167. The van der Waals surface area contributed by atoms with Crippen LogP contribution in [-0.4, -0.2) is 32.2 Å². The Labute approximate surface area is 85.1 Å². The molecular formula is C8H18N2O3S. The van der Waals surface area contributed by atoms with E-state index >= 15 is 0 Å². The fourth-order valence-electron chi connectivity index (χ4n) is 1.10. The van der Waals surface area contributed by atoms with Gasteiger partial charge in [0.2, 0.25) is 0 Å². The van der Waals surface area contributed by atoms with E-state index in [-0.39, 0.29) is 12.6 Å². The van der Waals surface area contributed by atoms with Crippen LogP contribution in [0.2, 0.25) is 0 Å². The Bertz CT molecular complexity index is 262. The molecule has 0 aromatic heterocycles. The molecule has 3 N–H and O–H groups in total. The van der Waals surface area contributed by atoms with E-state index in [1.165, 1.54) is 0 Å². The lowest BCUT2D eigenvalue weighted by Gasteiger charge is -2.11. The van der Waals surface area contributed by atoms with E-state index in [1.807, 2.05) is 6.92 Å². The van der Waals surface area contributed by atoms with Crippen LogP contribution < -0.4 is 9.44 Å². The molecule has 1 saturated carbocycles. The first kappa shape index (κ1) is 11.9. The van der Waals surface area contributed by atoms with Gasteiger partial charge in [0, 0.05) is 12.6 Å². The van der Waals surface area contributed by atoms with E-state index in [0.717, 1.165) is 19.3 Å². The van der Waals surface area contributed by atoms with Crippen molar-refractivity contribution in [3.05, 3.63) is 0 Å². The number of hydrogen-bond donors (Lipinski definition) is 3. The zero-order valence-electron chi connectivity index (χ0n) is 8.36. The normalized spacial score (nSPS) is 19.6. The highest BCUT2D eigenvalue weighted by Gasteiger charge is 2.26. The van der Waals surface area contributed by atoms with Gasteiger partial charge in [0.25, 0.3) is 10.2 Å². The van der Waals surface area contributed by atoms with Crippen molar-refractivity contribution in [3.8, 4) is 0 Å². The summed E-state index contributed by atoms with van der Waals surface area (Å²) in [6, 6.07) is 0.107. The predicted octanol–water partition coefficient (Wildman–Crippen LogP) is -0.266. The summed E-state index contributed by atoms with van der Waals surface area (Å²) >= 11 is 0. The van der Waals surface area contributed by atoms with Gasteiger partial charge in [-0.05, 0) is 19.3 Å². The molecule has 84 valence electrons. The van der Waals surface area contributed by atoms with E-state index in [2.05, 4.69) is 9.44 Å². The monoisotopic (exact) mass is 222 g/mol. The summed E-state index contributed by atoms with van der Waals surface area (Å²) in [6.07, 6.45) is 2.71. The maximum Gasteiger partial charge on any atom is 0.277 e. The molecule has 0 saturated heterocycles. The van der Waals surface area contributed by atoms with Crippen molar-refractivity contribution < 1.29 is 13.5 Å². The number of hydrogen-bond acceptors (Lipinski definition) is 3. The number of aliphatic hydroxyl groups excluding tert-OH is 1. The Kier molecular flexibility index (Phi) is 4.31. The summed E-state index contributed by atoms with van der Waals surface area (Å²) in [5.41, 5.74) is 0. The second-order valence-electron chi connectivity index (χ2n) is 3.69. The number of nitrogens with one attached hydrogen (secondary N) is 2. The minimum absolute atomic E-state index is 0.0931.